The minimum absolute atomic E-state index is 0.0810. The van der Waals surface area contributed by atoms with Crippen molar-refractivity contribution in [2.75, 3.05) is 31.7 Å². The molecule has 1 aliphatic heterocycles. The van der Waals surface area contributed by atoms with Crippen LogP contribution in [-0.4, -0.2) is 59.8 Å². The average Bonchev–Trinajstić information content (AvgIpc) is 3.14. The standard InChI is InChI=1S/C19H25N5O3/c1-3-9-27-16-5-4-7-21-18(16)19(25)22-11-14-10-15(26-2)12-24(14)17-6-8-20-13-23-17/h4-8,13-15H,3,9-12H2,1-2H3,(H,22,25)/t14-,15-/m0/s1. The van der Waals surface area contributed by atoms with Crippen LogP contribution in [0.1, 0.15) is 30.3 Å². The SMILES string of the molecule is CCCOc1cccnc1C(=O)NC[C@@H]1C[C@H](OC)CN1c1ccncn1. The Morgan fingerprint density at radius 2 is 2.22 bits per heavy atom. The van der Waals surface area contributed by atoms with E-state index in [1.807, 2.05) is 13.0 Å². The number of nitrogens with one attached hydrogen (secondary N) is 1. The topological polar surface area (TPSA) is 89.5 Å². The molecule has 27 heavy (non-hydrogen) atoms. The molecule has 0 unspecified atom stereocenters. The van der Waals surface area contributed by atoms with Gasteiger partial charge in [0.25, 0.3) is 5.91 Å². The molecule has 144 valence electrons. The Bertz CT molecular complexity index is 743. The number of anilines is 1. The fourth-order valence-corrected chi connectivity index (χ4v) is 3.16. The van der Waals surface area contributed by atoms with Gasteiger partial charge in [0.05, 0.1) is 18.8 Å². The summed E-state index contributed by atoms with van der Waals surface area (Å²) in [6.45, 7) is 3.75. The molecule has 1 N–H and O–H groups in total. The lowest BCUT2D eigenvalue weighted by molar-refractivity contribution is 0.0937. The van der Waals surface area contributed by atoms with E-state index < -0.39 is 0 Å². The minimum Gasteiger partial charge on any atom is -0.491 e. The van der Waals surface area contributed by atoms with Gasteiger partial charge in [-0.2, -0.15) is 0 Å². The van der Waals surface area contributed by atoms with Crippen molar-refractivity contribution in [3.63, 3.8) is 0 Å². The molecule has 2 aromatic heterocycles. The third-order valence-corrected chi connectivity index (χ3v) is 4.52. The van der Waals surface area contributed by atoms with Crippen molar-refractivity contribution < 1.29 is 14.3 Å². The van der Waals surface area contributed by atoms with E-state index in [1.54, 1.807) is 31.6 Å². The molecule has 3 heterocycles. The van der Waals surface area contributed by atoms with E-state index in [2.05, 4.69) is 25.2 Å². The van der Waals surface area contributed by atoms with Crippen LogP contribution in [0.5, 0.6) is 5.75 Å². The van der Waals surface area contributed by atoms with Crippen molar-refractivity contribution in [2.45, 2.75) is 31.9 Å². The maximum absolute atomic E-state index is 12.7. The third-order valence-electron chi connectivity index (χ3n) is 4.52. The normalized spacial score (nSPS) is 19.1. The van der Waals surface area contributed by atoms with Crippen molar-refractivity contribution in [1.82, 2.24) is 20.3 Å². The molecule has 1 amide bonds. The monoisotopic (exact) mass is 371 g/mol. The number of hydrogen-bond donors (Lipinski definition) is 1. The fourth-order valence-electron chi connectivity index (χ4n) is 3.16. The number of pyridine rings is 1. The molecule has 8 nitrogen and oxygen atoms in total. The number of carbonyl (C=O) groups excluding carboxylic acids is 1. The number of rotatable bonds is 8. The van der Waals surface area contributed by atoms with Crippen LogP contribution < -0.4 is 15.0 Å². The number of carbonyl (C=O) groups is 1. The van der Waals surface area contributed by atoms with Crippen molar-refractivity contribution in [3.05, 3.63) is 42.6 Å². The van der Waals surface area contributed by atoms with Gasteiger partial charge in [0.1, 0.15) is 12.1 Å². The predicted molar refractivity (Wildman–Crippen MR) is 101 cm³/mol. The number of amides is 1. The summed E-state index contributed by atoms with van der Waals surface area (Å²) in [7, 11) is 1.70. The largest absolute Gasteiger partial charge is 0.491 e. The summed E-state index contributed by atoms with van der Waals surface area (Å²) in [5.74, 6) is 1.09. The zero-order valence-corrected chi connectivity index (χ0v) is 15.7. The van der Waals surface area contributed by atoms with E-state index in [1.165, 1.54) is 6.33 Å². The van der Waals surface area contributed by atoms with E-state index in [4.69, 9.17) is 9.47 Å². The Kier molecular flexibility index (Phi) is 6.54. The van der Waals surface area contributed by atoms with Crippen LogP contribution in [0.2, 0.25) is 0 Å². The average molecular weight is 371 g/mol. The van der Waals surface area contributed by atoms with Crippen molar-refractivity contribution >= 4 is 11.7 Å². The highest BCUT2D eigenvalue weighted by atomic mass is 16.5. The summed E-state index contributed by atoms with van der Waals surface area (Å²) in [6, 6.07) is 5.47. The van der Waals surface area contributed by atoms with Gasteiger partial charge >= 0.3 is 0 Å². The van der Waals surface area contributed by atoms with Gasteiger partial charge in [0.2, 0.25) is 0 Å². The Morgan fingerprint density at radius 3 is 2.96 bits per heavy atom. The van der Waals surface area contributed by atoms with Crippen molar-refractivity contribution in [2.24, 2.45) is 0 Å². The van der Waals surface area contributed by atoms with Gasteiger partial charge in [-0.1, -0.05) is 6.92 Å². The zero-order valence-electron chi connectivity index (χ0n) is 15.7. The molecule has 0 radical (unpaired) electrons. The molecule has 8 heteroatoms. The molecule has 0 saturated carbocycles. The van der Waals surface area contributed by atoms with Crippen LogP contribution in [0.15, 0.2) is 36.9 Å². The first-order valence-corrected chi connectivity index (χ1v) is 9.14. The smallest absolute Gasteiger partial charge is 0.273 e. The molecular weight excluding hydrogens is 346 g/mol. The molecular formula is C19H25N5O3. The van der Waals surface area contributed by atoms with Crippen LogP contribution in [0.3, 0.4) is 0 Å². The van der Waals surface area contributed by atoms with Crippen molar-refractivity contribution in [3.8, 4) is 5.75 Å². The molecule has 0 bridgehead atoms. The minimum atomic E-state index is -0.245. The van der Waals surface area contributed by atoms with E-state index >= 15 is 0 Å². The first kappa shape index (κ1) is 19.0. The van der Waals surface area contributed by atoms with E-state index in [9.17, 15) is 4.79 Å². The summed E-state index contributed by atoms with van der Waals surface area (Å²) < 4.78 is 11.2. The Morgan fingerprint density at radius 1 is 1.33 bits per heavy atom. The third kappa shape index (κ3) is 4.71. The fraction of sp³-hybridized carbons (Fsp3) is 0.474. The quantitative estimate of drug-likeness (QED) is 0.755. The first-order chi connectivity index (χ1) is 13.2. The lowest BCUT2D eigenvalue weighted by Gasteiger charge is -2.25. The summed E-state index contributed by atoms with van der Waals surface area (Å²) >= 11 is 0. The van der Waals surface area contributed by atoms with Crippen LogP contribution in [0.25, 0.3) is 0 Å². The van der Waals surface area contributed by atoms with E-state index in [0.717, 1.165) is 25.2 Å². The lowest BCUT2D eigenvalue weighted by Crippen LogP contribution is -2.41. The maximum Gasteiger partial charge on any atom is 0.273 e. The number of ether oxygens (including phenoxy) is 2. The summed E-state index contributed by atoms with van der Waals surface area (Å²) in [4.78, 5) is 27.3. The first-order valence-electron chi connectivity index (χ1n) is 9.14. The molecule has 2 aromatic rings. The summed E-state index contributed by atoms with van der Waals surface area (Å²) in [5, 5.41) is 2.98. The van der Waals surface area contributed by atoms with Gasteiger partial charge in [-0.3, -0.25) is 4.79 Å². The van der Waals surface area contributed by atoms with Gasteiger partial charge < -0.3 is 19.7 Å². The molecule has 0 aliphatic carbocycles. The molecule has 1 aliphatic rings. The highest BCUT2D eigenvalue weighted by Crippen LogP contribution is 2.25. The molecule has 0 aromatic carbocycles. The number of methoxy groups -OCH3 is 1. The Balaban J connectivity index is 1.67. The molecule has 0 spiro atoms. The van der Waals surface area contributed by atoms with Crippen molar-refractivity contribution in [1.29, 1.82) is 0 Å². The second-order valence-electron chi connectivity index (χ2n) is 6.38. The predicted octanol–water partition coefficient (Wildman–Crippen LogP) is 1.68. The second kappa shape index (κ2) is 9.27. The van der Waals surface area contributed by atoms with E-state index in [0.29, 0.717) is 24.6 Å². The zero-order chi connectivity index (χ0) is 19.1. The number of nitrogens with zero attached hydrogens (tertiary/aromatic N) is 4. The number of aromatic nitrogens is 3. The maximum atomic E-state index is 12.7. The van der Waals surface area contributed by atoms with E-state index in [-0.39, 0.29) is 18.1 Å². The van der Waals surface area contributed by atoms with Crippen LogP contribution in [0, 0.1) is 0 Å². The Labute approximate surface area is 158 Å². The van der Waals surface area contributed by atoms with Gasteiger partial charge in [-0.25, -0.2) is 15.0 Å². The van der Waals surface area contributed by atoms with Gasteiger partial charge in [0, 0.05) is 32.6 Å². The molecule has 3 rings (SSSR count). The molecule has 1 fully saturated rings. The highest BCUT2D eigenvalue weighted by Gasteiger charge is 2.33. The van der Waals surface area contributed by atoms with Crippen LogP contribution in [0.4, 0.5) is 5.82 Å². The summed E-state index contributed by atoms with van der Waals surface area (Å²) in [6.07, 6.45) is 6.60. The lowest BCUT2D eigenvalue weighted by atomic mass is 10.2. The Hall–Kier alpha value is -2.74. The second-order valence-corrected chi connectivity index (χ2v) is 6.38. The molecule has 2 atom stereocenters. The van der Waals surface area contributed by atoms with Crippen LogP contribution >= 0.6 is 0 Å². The van der Waals surface area contributed by atoms with Gasteiger partial charge in [-0.15, -0.1) is 0 Å². The van der Waals surface area contributed by atoms with Gasteiger partial charge in [-0.05, 0) is 31.0 Å². The molecule has 1 saturated heterocycles. The van der Waals surface area contributed by atoms with Crippen LogP contribution in [-0.2, 0) is 4.74 Å². The number of hydrogen-bond acceptors (Lipinski definition) is 7. The van der Waals surface area contributed by atoms with Gasteiger partial charge in [0.15, 0.2) is 11.4 Å². The highest BCUT2D eigenvalue weighted by molar-refractivity contribution is 5.94. The summed E-state index contributed by atoms with van der Waals surface area (Å²) in [5.41, 5.74) is 0.306.